The van der Waals surface area contributed by atoms with Crippen LogP contribution in [0.2, 0.25) is 0 Å². The maximum absolute atomic E-state index is 10.1. The third-order valence-corrected chi connectivity index (χ3v) is 2.63. The van der Waals surface area contributed by atoms with E-state index in [0.29, 0.717) is 6.42 Å². The van der Waals surface area contributed by atoms with Crippen molar-refractivity contribution in [2.45, 2.75) is 52.5 Å². The molecular weight excluding hydrogens is 136 g/mol. The predicted octanol–water partition coefficient (Wildman–Crippen LogP) is 2.58. The Morgan fingerprint density at radius 1 is 1.55 bits per heavy atom. The van der Waals surface area contributed by atoms with Crippen LogP contribution in [-0.2, 0) is 0 Å². The van der Waals surface area contributed by atoms with Gasteiger partial charge in [-0.1, -0.05) is 27.1 Å². The summed E-state index contributed by atoms with van der Waals surface area (Å²) < 4.78 is 15.3. The Kier molecular flexibility index (Phi) is 1.46. The van der Waals surface area contributed by atoms with Gasteiger partial charge >= 0.3 is 0 Å². The second-order valence-corrected chi connectivity index (χ2v) is 4.91. The summed E-state index contributed by atoms with van der Waals surface area (Å²) in [6, 6.07) is 0. The van der Waals surface area contributed by atoms with E-state index in [0.717, 1.165) is 0 Å². The quantitative estimate of drug-likeness (QED) is 0.574. The lowest BCUT2D eigenvalue weighted by molar-refractivity contribution is -0.0238. The van der Waals surface area contributed by atoms with Crippen molar-refractivity contribution in [3.8, 4) is 0 Å². The maximum atomic E-state index is 10.1. The molecule has 0 aromatic carbocycles. The van der Waals surface area contributed by atoms with E-state index in [4.69, 9.17) is 2.74 Å². The number of hydrogen-bond acceptors (Lipinski definition) is 1. The smallest absolute Gasteiger partial charge is 0.0652 e. The van der Waals surface area contributed by atoms with Crippen molar-refractivity contribution >= 4 is 0 Å². The Bertz CT molecular complexity index is 203. The molecule has 0 aromatic heterocycles. The summed E-state index contributed by atoms with van der Waals surface area (Å²) in [5.74, 6) is 0.0509. The summed E-state index contributed by atoms with van der Waals surface area (Å²) in [4.78, 5) is 0. The lowest BCUT2D eigenvalue weighted by Crippen LogP contribution is -2.37. The molecule has 2 atom stereocenters. The van der Waals surface area contributed by atoms with E-state index >= 15 is 0 Å². The minimum Gasteiger partial charge on any atom is -0.390 e. The largest absolute Gasteiger partial charge is 0.390 e. The molecule has 0 heterocycles. The summed E-state index contributed by atoms with van der Waals surface area (Å²) in [7, 11) is 0. The minimum atomic E-state index is -1.19. The second kappa shape index (κ2) is 2.48. The molecule has 1 N–H and O–H groups in total. The summed E-state index contributed by atoms with van der Waals surface area (Å²) in [6.45, 7) is 7.95. The first-order chi connectivity index (χ1) is 5.55. The first kappa shape index (κ1) is 6.47. The molecule has 1 aliphatic rings. The Labute approximate surface area is 72.6 Å². The number of aliphatic hydroxyl groups is 1. The van der Waals surface area contributed by atoms with Gasteiger partial charge < -0.3 is 5.11 Å². The average molecular weight is 158 g/mol. The van der Waals surface area contributed by atoms with Gasteiger partial charge in [0.05, 0.1) is 5.60 Å². The normalized spacial score (nSPS) is 46.8. The Hall–Kier alpha value is -0.0400. The summed E-state index contributed by atoms with van der Waals surface area (Å²) in [5, 5.41) is 10.1. The van der Waals surface area contributed by atoms with Crippen LogP contribution >= 0.6 is 0 Å². The number of hydrogen-bond donors (Lipinski definition) is 1. The van der Waals surface area contributed by atoms with Gasteiger partial charge in [-0.2, -0.15) is 0 Å². The SMILES string of the molecule is [2H]C1([2H])C[C@H](C(C)(C)C)[C@](C)(O)C1. The topological polar surface area (TPSA) is 20.2 Å². The minimum absolute atomic E-state index is 0.0205. The average Bonchev–Trinajstić information content (AvgIpc) is 1.97. The highest BCUT2D eigenvalue weighted by Gasteiger charge is 2.43. The van der Waals surface area contributed by atoms with Crippen molar-refractivity contribution < 1.29 is 7.85 Å². The predicted molar refractivity (Wildman–Crippen MR) is 47.4 cm³/mol. The highest BCUT2D eigenvalue weighted by atomic mass is 16.3. The van der Waals surface area contributed by atoms with Gasteiger partial charge in [-0.25, -0.2) is 0 Å². The second-order valence-electron chi connectivity index (χ2n) is 4.91. The molecule has 1 heteroatoms. The van der Waals surface area contributed by atoms with Crippen LogP contribution in [0.3, 0.4) is 0 Å². The molecule has 1 nitrogen and oxygen atoms in total. The van der Waals surface area contributed by atoms with E-state index in [9.17, 15) is 5.11 Å². The first-order valence-corrected chi connectivity index (χ1v) is 4.27. The third-order valence-electron chi connectivity index (χ3n) is 2.63. The van der Waals surface area contributed by atoms with Crippen LogP contribution < -0.4 is 0 Å². The molecule has 0 unspecified atom stereocenters. The fraction of sp³-hybridized carbons (Fsp3) is 1.00. The zero-order valence-corrected chi connectivity index (χ0v) is 7.94. The fourth-order valence-electron chi connectivity index (χ4n) is 2.05. The zero-order valence-electron chi connectivity index (χ0n) is 9.94. The molecule has 0 radical (unpaired) electrons. The van der Waals surface area contributed by atoms with Crippen molar-refractivity contribution in [3.63, 3.8) is 0 Å². The van der Waals surface area contributed by atoms with Gasteiger partial charge in [0.15, 0.2) is 0 Å². The highest BCUT2D eigenvalue weighted by molar-refractivity contribution is 4.94. The van der Waals surface area contributed by atoms with Crippen LogP contribution in [0.15, 0.2) is 0 Å². The summed E-state index contributed by atoms with van der Waals surface area (Å²) in [6.07, 6.45) is -0.452. The Balaban J connectivity index is 2.89. The molecule has 1 aliphatic carbocycles. The van der Waals surface area contributed by atoms with Crippen LogP contribution in [0, 0.1) is 11.3 Å². The fourth-order valence-corrected chi connectivity index (χ4v) is 2.05. The molecule has 1 fully saturated rings. The monoisotopic (exact) mass is 158 g/mol. The maximum Gasteiger partial charge on any atom is 0.0652 e. The van der Waals surface area contributed by atoms with Gasteiger partial charge in [0, 0.05) is 2.74 Å². The van der Waals surface area contributed by atoms with E-state index in [1.54, 1.807) is 6.92 Å². The molecule has 0 amide bonds. The lowest BCUT2D eigenvalue weighted by Gasteiger charge is -2.36. The molecule has 0 bridgehead atoms. The Morgan fingerprint density at radius 3 is 2.27 bits per heavy atom. The van der Waals surface area contributed by atoms with Crippen LogP contribution in [0.4, 0.5) is 0 Å². The van der Waals surface area contributed by atoms with E-state index in [1.807, 2.05) is 0 Å². The molecule has 1 rings (SSSR count). The van der Waals surface area contributed by atoms with Crippen LogP contribution in [0.5, 0.6) is 0 Å². The molecule has 66 valence electrons. The third kappa shape index (κ3) is 1.76. The zero-order chi connectivity index (χ0) is 10.5. The highest BCUT2D eigenvalue weighted by Crippen LogP contribution is 2.45. The van der Waals surface area contributed by atoms with Gasteiger partial charge in [-0.05, 0) is 31.1 Å². The lowest BCUT2D eigenvalue weighted by atomic mass is 9.73. The first-order valence-electron chi connectivity index (χ1n) is 5.27. The van der Waals surface area contributed by atoms with Crippen molar-refractivity contribution in [1.82, 2.24) is 0 Å². The van der Waals surface area contributed by atoms with E-state index in [1.165, 1.54) is 0 Å². The van der Waals surface area contributed by atoms with Crippen LogP contribution in [-0.4, -0.2) is 10.7 Å². The van der Waals surface area contributed by atoms with Crippen molar-refractivity contribution in [2.75, 3.05) is 0 Å². The molecular formula is C10H20O. The van der Waals surface area contributed by atoms with Gasteiger partial charge in [-0.15, -0.1) is 0 Å². The molecule has 0 aliphatic heterocycles. The van der Waals surface area contributed by atoms with Gasteiger partial charge in [0.2, 0.25) is 0 Å². The van der Waals surface area contributed by atoms with Gasteiger partial charge in [0.25, 0.3) is 0 Å². The van der Waals surface area contributed by atoms with Gasteiger partial charge in [0.1, 0.15) is 0 Å². The molecule has 1 saturated carbocycles. The molecule has 11 heavy (non-hydrogen) atoms. The van der Waals surface area contributed by atoms with Gasteiger partial charge in [-0.3, -0.25) is 0 Å². The van der Waals surface area contributed by atoms with Crippen molar-refractivity contribution in [1.29, 1.82) is 0 Å². The van der Waals surface area contributed by atoms with Crippen LogP contribution in [0.25, 0.3) is 0 Å². The Morgan fingerprint density at radius 2 is 2.09 bits per heavy atom. The van der Waals surface area contributed by atoms with Crippen molar-refractivity contribution in [3.05, 3.63) is 0 Å². The standard InChI is InChI=1S/C10H20O/c1-9(2,3)8-6-5-7-10(8,4)11/h8,11H,5-7H2,1-4H3/t8-,10-/m1/s1/i5D2. The van der Waals surface area contributed by atoms with E-state index in [2.05, 4.69) is 20.8 Å². The van der Waals surface area contributed by atoms with Crippen LogP contribution in [0.1, 0.15) is 49.7 Å². The van der Waals surface area contributed by atoms with Crippen molar-refractivity contribution in [2.24, 2.45) is 11.3 Å². The molecule has 0 aromatic rings. The molecule has 0 spiro atoms. The van der Waals surface area contributed by atoms with E-state index in [-0.39, 0.29) is 17.8 Å². The molecule has 0 saturated heterocycles. The summed E-state index contributed by atoms with van der Waals surface area (Å²) >= 11 is 0. The number of rotatable bonds is 0. The summed E-state index contributed by atoms with van der Waals surface area (Å²) in [5.41, 5.74) is -0.866. The van der Waals surface area contributed by atoms with E-state index < -0.39 is 12.0 Å².